The lowest BCUT2D eigenvalue weighted by molar-refractivity contribution is -0.144. The molecule has 0 spiro atoms. The van der Waals surface area contributed by atoms with Crippen LogP contribution in [0.1, 0.15) is 39.0 Å². The quantitative estimate of drug-likeness (QED) is 0.423. The number of carbonyl (C=O) groups is 1. The van der Waals surface area contributed by atoms with Crippen LogP contribution in [0.25, 0.3) is 0 Å². The number of carbonyl (C=O) groups excluding carboxylic acids is 1. The summed E-state index contributed by atoms with van der Waals surface area (Å²) in [6.07, 6.45) is 4.85. The van der Waals surface area contributed by atoms with Crippen LogP contribution in [0.2, 0.25) is 0 Å². The molecule has 106 valence electrons. The largest absolute Gasteiger partial charge is 0.490 e. The maximum Gasteiger partial charge on any atom is 0.305 e. The maximum absolute atomic E-state index is 11.4. The van der Waals surface area contributed by atoms with Crippen LogP contribution < -0.4 is 10.5 Å². The fraction of sp³-hybridized carbons (Fsp3) is 0.533. The van der Waals surface area contributed by atoms with Crippen LogP contribution in [0.4, 0.5) is 5.69 Å². The summed E-state index contributed by atoms with van der Waals surface area (Å²) in [4.78, 5) is 11.4. The lowest BCUT2D eigenvalue weighted by Crippen LogP contribution is -2.12. The van der Waals surface area contributed by atoms with Crippen molar-refractivity contribution in [2.24, 2.45) is 0 Å². The van der Waals surface area contributed by atoms with E-state index < -0.39 is 0 Å². The molecular formula is C15H23NO3. The second-order valence-corrected chi connectivity index (χ2v) is 4.45. The summed E-state index contributed by atoms with van der Waals surface area (Å²) in [5, 5.41) is 0. The van der Waals surface area contributed by atoms with Crippen molar-refractivity contribution < 1.29 is 14.3 Å². The van der Waals surface area contributed by atoms with Gasteiger partial charge in [-0.05, 0) is 30.7 Å². The highest BCUT2D eigenvalue weighted by Gasteiger charge is 2.02. The zero-order chi connectivity index (χ0) is 13.9. The van der Waals surface area contributed by atoms with E-state index in [1.807, 2.05) is 0 Å². The van der Waals surface area contributed by atoms with Crippen molar-refractivity contribution in [3.8, 4) is 5.75 Å². The van der Waals surface area contributed by atoms with Crippen molar-refractivity contribution in [1.82, 2.24) is 0 Å². The number of nitrogen functional groups attached to an aromatic ring is 1. The van der Waals surface area contributed by atoms with Gasteiger partial charge in [-0.1, -0.05) is 26.2 Å². The minimum atomic E-state index is -0.142. The summed E-state index contributed by atoms with van der Waals surface area (Å²) < 4.78 is 10.5. The van der Waals surface area contributed by atoms with E-state index in [4.69, 9.17) is 15.2 Å². The van der Waals surface area contributed by atoms with Crippen LogP contribution in [0.5, 0.6) is 5.75 Å². The molecule has 0 bridgehead atoms. The average molecular weight is 265 g/mol. The molecule has 0 saturated heterocycles. The summed E-state index contributed by atoms with van der Waals surface area (Å²) in [6.45, 7) is 2.80. The zero-order valence-electron chi connectivity index (χ0n) is 11.6. The lowest BCUT2D eigenvalue weighted by atomic mass is 10.2. The Labute approximate surface area is 114 Å². The maximum atomic E-state index is 11.4. The predicted octanol–water partition coefficient (Wildman–Crippen LogP) is 3.16. The van der Waals surface area contributed by atoms with Gasteiger partial charge in [0.2, 0.25) is 0 Å². The fourth-order valence-electron chi connectivity index (χ4n) is 1.65. The Hall–Kier alpha value is -1.71. The molecule has 0 saturated carbocycles. The van der Waals surface area contributed by atoms with Crippen LogP contribution in [0.3, 0.4) is 0 Å². The first kappa shape index (κ1) is 15.3. The van der Waals surface area contributed by atoms with Gasteiger partial charge >= 0.3 is 5.97 Å². The van der Waals surface area contributed by atoms with Gasteiger partial charge in [-0.25, -0.2) is 0 Å². The molecule has 0 unspecified atom stereocenters. The third-order valence-corrected chi connectivity index (χ3v) is 2.73. The number of esters is 1. The third-order valence-electron chi connectivity index (χ3n) is 2.73. The van der Waals surface area contributed by atoms with Gasteiger partial charge < -0.3 is 15.2 Å². The van der Waals surface area contributed by atoms with Gasteiger partial charge in [0.1, 0.15) is 19.0 Å². The Balaban J connectivity index is 2.03. The normalized spacial score (nSPS) is 10.2. The molecule has 0 fully saturated rings. The Morgan fingerprint density at radius 1 is 1.11 bits per heavy atom. The van der Waals surface area contributed by atoms with Crippen molar-refractivity contribution in [2.75, 3.05) is 18.9 Å². The molecule has 1 aromatic carbocycles. The van der Waals surface area contributed by atoms with Crippen molar-refractivity contribution in [3.05, 3.63) is 24.3 Å². The highest BCUT2D eigenvalue weighted by Crippen LogP contribution is 2.12. The monoisotopic (exact) mass is 265 g/mol. The van der Waals surface area contributed by atoms with E-state index in [2.05, 4.69) is 6.92 Å². The summed E-state index contributed by atoms with van der Waals surface area (Å²) in [7, 11) is 0. The first-order valence-corrected chi connectivity index (χ1v) is 6.86. The van der Waals surface area contributed by atoms with Crippen molar-refractivity contribution in [1.29, 1.82) is 0 Å². The smallest absolute Gasteiger partial charge is 0.305 e. The Kier molecular flexibility index (Phi) is 7.47. The van der Waals surface area contributed by atoms with E-state index in [9.17, 15) is 4.79 Å². The molecule has 4 nitrogen and oxygen atoms in total. The predicted molar refractivity (Wildman–Crippen MR) is 76.1 cm³/mol. The van der Waals surface area contributed by atoms with E-state index in [1.54, 1.807) is 24.3 Å². The molecule has 19 heavy (non-hydrogen) atoms. The topological polar surface area (TPSA) is 61.5 Å². The van der Waals surface area contributed by atoms with E-state index in [-0.39, 0.29) is 12.6 Å². The van der Waals surface area contributed by atoms with Gasteiger partial charge in [-0.3, -0.25) is 4.79 Å². The number of benzene rings is 1. The zero-order valence-corrected chi connectivity index (χ0v) is 11.6. The third kappa shape index (κ3) is 7.34. The number of rotatable bonds is 9. The standard InChI is InChI=1S/C15H23NO3/c1-2-3-4-5-6-15(17)19-12-11-18-14-9-7-13(16)8-10-14/h7-10H,2-6,11-12,16H2,1H3. The highest BCUT2D eigenvalue weighted by molar-refractivity contribution is 5.69. The molecule has 0 heterocycles. The molecule has 0 atom stereocenters. The first-order chi connectivity index (χ1) is 9.22. The Morgan fingerprint density at radius 3 is 2.53 bits per heavy atom. The number of ether oxygens (including phenoxy) is 2. The molecule has 0 aliphatic carbocycles. The van der Waals surface area contributed by atoms with E-state index >= 15 is 0 Å². The minimum Gasteiger partial charge on any atom is -0.490 e. The summed E-state index contributed by atoms with van der Waals surface area (Å²) in [5.41, 5.74) is 6.26. The van der Waals surface area contributed by atoms with E-state index in [0.717, 1.165) is 18.6 Å². The molecule has 0 amide bonds. The molecule has 1 aromatic rings. The molecule has 4 heteroatoms. The van der Waals surface area contributed by atoms with E-state index in [1.165, 1.54) is 12.8 Å². The average Bonchev–Trinajstić information content (AvgIpc) is 2.42. The number of hydrogen-bond donors (Lipinski definition) is 1. The summed E-state index contributed by atoms with van der Waals surface area (Å²) in [6, 6.07) is 7.13. The summed E-state index contributed by atoms with van der Waals surface area (Å²) >= 11 is 0. The first-order valence-electron chi connectivity index (χ1n) is 6.86. The van der Waals surface area contributed by atoms with Gasteiger partial charge in [-0.2, -0.15) is 0 Å². The molecule has 0 aliphatic heterocycles. The second-order valence-electron chi connectivity index (χ2n) is 4.45. The Bertz CT molecular complexity index is 362. The SMILES string of the molecule is CCCCCCC(=O)OCCOc1ccc(N)cc1. The molecule has 0 aromatic heterocycles. The van der Waals surface area contributed by atoms with Crippen LogP contribution in [0, 0.1) is 0 Å². The van der Waals surface area contributed by atoms with E-state index in [0.29, 0.717) is 18.7 Å². The number of nitrogens with two attached hydrogens (primary N) is 1. The Morgan fingerprint density at radius 2 is 1.84 bits per heavy atom. The number of unbranched alkanes of at least 4 members (excludes halogenated alkanes) is 3. The fourth-order valence-corrected chi connectivity index (χ4v) is 1.65. The molecule has 0 radical (unpaired) electrons. The van der Waals surface area contributed by atoms with Crippen LogP contribution >= 0.6 is 0 Å². The van der Waals surface area contributed by atoms with Crippen molar-refractivity contribution in [2.45, 2.75) is 39.0 Å². The lowest BCUT2D eigenvalue weighted by Gasteiger charge is -2.07. The van der Waals surface area contributed by atoms with Crippen molar-refractivity contribution >= 4 is 11.7 Å². The van der Waals surface area contributed by atoms with Gasteiger partial charge in [0.25, 0.3) is 0 Å². The van der Waals surface area contributed by atoms with Gasteiger partial charge in [0.15, 0.2) is 0 Å². The van der Waals surface area contributed by atoms with Gasteiger partial charge in [0, 0.05) is 12.1 Å². The highest BCUT2D eigenvalue weighted by atomic mass is 16.6. The van der Waals surface area contributed by atoms with Gasteiger partial charge in [-0.15, -0.1) is 0 Å². The van der Waals surface area contributed by atoms with Gasteiger partial charge in [0.05, 0.1) is 0 Å². The molecular weight excluding hydrogens is 242 g/mol. The minimum absolute atomic E-state index is 0.142. The molecule has 1 rings (SSSR count). The van der Waals surface area contributed by atoms with Crippen LogP contribution in [0.15, 0.2) is 24.3 Å². The number of hydrogen-bond acceptors (Lipinski definition) is 4. The second kappa shape index (κ2) is 9.25. The van der Waals surface area contributed by atoms with Crippen LogP contribution in [-0.4, -0.2) is 19.2 Å². The summed E-state index contributed by atoms with van der Waals surface area (Å²) in [5.74, 6) is 0.588. The van der Waals surface area contributed by atoms with Crippen LogP contribution in [-0.2, 0) is 9.53 Å². The number of anilines is 1. The molecule has 2 N–H and O–H groups in total. The van der Waals surface area contributed by atoms with Crippen molar-refractivity contribution in [3.63, 3.8) is 0 Å². The molecule has 0 aliphatic rings.